The van der Waals surface area contributed by atoms with Crippen molar-refractivity contribution >= 4 is 0 Å². The van der Waals surface area contributed by atoms with Crippen molar-refractivity contribution in [1.82, 2.24) is 10.2 Å². The molecule has 0 spiro atoms. The Kier molecular flexibility index (Phi) is 7.87. The van der Waals surface area contributed by atoms with Crippen molar-refractivity contribution < 1.29 is 0 Å². The van der Waals surface area contributed by atoms with Crippen molar-refractivity contribution in [3.8, 4) is 0 Å². The number of nitrogens with one attached hydrogen (secondary N) is 1. The maximum atomic E-state index is 3.48. The van der Waals surface area contributed by atoms with Crippen LogP contribution in [0.4, 0.5) is 0 Å². The molecule has 2 nitrogen and oxygen atoms in total. The molecular weight excluding hydrogens is 208 g/mol. The SMILES string of the molecule is CCCNCCCCCN1CCCC1C(C)C. The van der Waals surface area contributed by atoms with E-state index in [-0.39, 0.29) is 0 Å². The third kappa shape index (κ3) is 5.87. The van der Waals surface area contributed by atoms with E-state index < -0.39 is 0 Å². The molecule has 102 valence electrons. The lowest BCUT2D eigenvalue weighted by atomic mass is 10.0. The lowest BCUT2D eigenvalue weighted by molar-refractivity contribution is 0.203. The second-order valence-electron chi connectivity index (χ2n) is 5.80. The van der Waals surface area contributed by atoms with Crippen LogP contribution >= 0.6 is 0 Å². The van der Waals surface area contributed by atoms with Gasteiger partial charge < -0.3 is 10.2 Å². The quantitative estimate of drug-likeness (QED) is 0.622. The van der Waals surface area contributed by atoms with Crippen LogP contribution in [-0.4, -0.2) is 37.1 Å². The zero-order valence-corrected chi connectivity index (χ0v) is 12.2. The minimum atomic E-state index is 0.837. The van der Waals surface area contributed by atoms with Crippen molar-refractivity contribution in [2.45, 2.75) is 65.3 Å². The van der Waals surface area contributed by atoms with Crippen LogP contribution in [0.3, 0.4) is 0 Å². The molecule has 0 aromatic carbocycles. The zero-order chi connectivity index (χ0) is 12.5. The third-order valence-corrected chi connectivity index (χ3v) is 3.91. The van der Waals surface area contributed by atoms with Crippen molar-refractivity contribution in [3.05, 3.63) is 0 Å². The lowest BCUT2D eigenvalue weighted by Crippen LogP contribution is -2.34. The third-order valence-electron chi connectivity index (χ3n) is 3.91. The Bertz CT molecular complexity index is 180. The highest BCUT2D eigenvalue weighted by molar-refractivity contribution is 4.81. The fourth-order valence-corrected chi connectivity index (χ4v) is 2.93. The first-order valence-electron chi connectivity index (χ1n) is 7.70. The number of unbranched alkanes of at least 4 members (excludes halogenated alkanes) is 2. The summed E-state index contributed by atoms with van der Waals surface area (Å²) in [4.78, 5) is 2.73. The van der Waals surface area contributed by atoms with E-state index in [1.165, 1.54) is 64.7 Å². The first-order chi connectivity index (χ1) is 8.25. The zero-order valence-electron chi connectivity index (χ0n) is 12.2. The normalized spacial score (nSPS) is 21.5. The Morgan fingerprint density at radius 3 is 2.71 bits per heavy atom. The summed E-state index contributed by atoms with van der Waals surface area (Å²) >= 11 is 0. The Hall–Kier alpha value is -0.0800. The second kappa shape index (κ2) is 8.93. The number of nitrogens with zero attached hydrogens (tertiary/aromatic N) is 1. The maximum absolute atomic E-state index is 3.48. The summed E-state index contributed by atoms with van der Waals surface area (Å²) in [7, 11) is 0. The monoisotopic (exact) mass is 240 g/mol. The Morgan fingerprint density at radius 1 is 1.18 bits per heavy atom. The molecule has 0 aromatic rings. The molecule has 1 aliphatic heterocycles. The summed E-state index contributed by atoms with van der Waals surface area (Å²) in [6.45, 7) is 12.0. The molecule has 1 fully saturated rings. The van der Waals surface area contributed by atoms with Crippen molar-refractivity contribution in [3.63, 3.8) is 0 Å². The smallest absolute Gasteiger partial charge is 0.0119 e. The standard InChI is InChI=1S/C15H32N2/c1-4-10-16-11-6-5-7-12-17-13-8-9-15(17)14(2)3/h14-16H,4-13H2,1-3H3. The van der Waals surface area contributed by atoms with Crippen LogP contribution < -0.4 is 5.32 Å². The van der Waals surface area contributed by atoms with Gasteiger partial charge in [-0.1, -0.05) is 27.2 Å². The predicted molar refractivity (Wildman–Crippen MR) is 76.4 cm³/mol. The van der Waals surface area contributed by atoms with Gasteiger partial charge in [-0.05, 0) is 64.2 Å². The predicted octanol–water partition coefficient (Wildman–Crippen LogP) is 3.28. The first kappa shape index (κ1) is 15.0. The molecule has 1 atom stereocenters. The van der Waals surface area contributed by atoms with Crippen LogP contribution in [0.2, 0.25) is 0 Å². The molecule has 0 aromatic heterocycles. The van der Waals surface area contributed by atoms with Gasteiger partial charge in [0.05, 0.1) is 0 Å². The molecule has 0 amide bonds. The van der Waals surface area contributed by atoms with Crippen LogP contribution in [-0.2, 0) is 0 Å². The second-order valence-corrected chi connectivity index (χ2v) is 5.80. The average Bonchev–Trinajstić information content (AvgIpc) is 2.76. The topological polar surface area (TPSA) is 15.3 Å². The van der Waals surface area contributed by atoms with Crippen molar-refractivity contribution in [2.24, 2.45) is 5.92 Å². The van der Waals surface area contributed by atoms with E-state index in [4.69, 9.17) is 0 Å². The fourth-order valence-electron chi connectivity index (χ4n) is 2.93. The van der Waals surface area contributed by atoms with Gasteiger partial charge in [0.25, 0.3) is 0 Å². The minimum Gasteiger partial charge on any atom is -0.317 e. The molecule has 0 aliphatic carbocycles. The van der Waals surface area contributed by atoms with Crippen LogP contribution in [0.1, 0.15) is 59.3 Å². The van der Waals surface area contributed by atoms with E-state index in [2.05, 4.69) is 31.0 Å². The van der Waals surface area contributed by atoms with Gasteiger partial charge >= 0.3 is 0 Å². The molecule has 1 saturated heterocycles. The van der Waals surface area contributed by atoms with E-state index in [0.717, 1.165) is 12.0 Å². The highest BCUT2D eigenvalue weighted by Crippen LogP contribution is 2.23. The molecule has 17 heavy (non-hydrogen) atoms. The highest BCUT2D eigenvalue weighted by Gasteiger charge is 2.25. The fraction of sp³-hybridized carbons (Fsp3) is 1.00. The number of hydrogen-bond donors (Lipinski definition) is 1. The summed E-state index contributed by atoms with van der Waals surface area (Å²) in [5.41, 5.74) is 0. The summed E-state index contributed by atoms with van der Waals surface area (Å²) in [6, 6.07) is 0.869. The van der Waals surface area contributed by atoms with E-state index in [9.17, 15) is 0 Å². The first-order valence-corrected chi connectivity index (χ1v) is 7.70. The molecule has 0 radical (unpaired) electrons. The van der Waals surface area contributed by atoms with Gasteiger partial charge in [-0.3, -0.25) is 0 Å². The van der Waals surface area contributed by atoms with Crippen LogP contribution in [0.25, 0.3) is 0 Å². The summed E-state index contributed by atoms with van der Waals surface area (Å²) < 4.78 is 0. The van der Waals surface area contributed by atoms with Gasteiger partial charge in [0.1, 0.15) is 0 Å². The van der Waals surface area contributed by atoms with Gasteiger partial charge in [-0.25, -0.2) is 0 Å². The van der Waals surface area contributed by atoms with Crippen LogP contribution in [0, 0.1) is 5.92 Å². The summed E-state index contributed by atoms with van der Waals surface area (Å²) in [6.07, 6.45) is 8.22. The van der Waals surface area contributed by atoms with Crippen LogP contribution in [0.15, 0.2) is 0 Å². The average molecular weight is 240 g/mol. The maximum Gasteiger partial charge on any atom is 0.0119 e. The molecule has 1 heterocycles. The van der Waals surface area contributed by atoms with Crippen molar-refractivity contribution in [1.29, 1.82) is 0 Å². The Labute approximate surface area is 108 Å². The molecule has 0 bridgehead atoms. The molecular formula is C15H32N2. The number of rotatable bonds is 9. The number of hydrogen-bond acceptors (Lipinski definition) is 2. The van der Waals surface area contributed by atoms with Crippen LogP contribution in [0.5, 0.6) is 0 Å². The molecule has 0 saturated carbocycles. The van der Waals surface area contributed by atoms with Gasteiger partial charge in [0.2, 0.25) is 0 Å². The van der Waals surface area contributed by atoms with E-state index in [0.29, 0.717) is 0 Å². The molecule has 1 N–H and O–H groups in total. The molecule has 1 rings (SSSR count). The Balaban J connectivity index is 1.98. The van der Waals surface area contributed by atoms with Gasteiger partial charge in [0.15, 0.2) is 0 Å². The number of likely N-dealkylation sites (tertiary alicyclic amines) is 1. The largest absolute Gasteiger partial charge is 0.317 e. The van der Waals surface area contributed by atoms with Gasteiger partial charge in [0, 0.05) is 6.04 Å². The van der Waals surface area contributed by atoms with Gasteiger partial charge in [-0.2, -0.15) is 0 Å². The lowest BCUT2D eigenvalue weighted by Gasteiger charge is -2.27. The van der Waals surface area contributed by atoms with Gasteiger partial charge in [-0.15, -0.1) is 0 Å². The summed E-state index contributed by atoms with van der Waals surface area (Å²) in [5, 5.41) is 3.48. The Morgan fingerprint density at radius 2 is 2.00 bits per heavy atom. The molecule has 1 aliphatic rings. The highest BCUT2D eigenvalue weighted by atomic mass is 15.2. The van der Waals surface area contributed by atoms with E-state index in [1.54, 1.807) is 0 Å². The van der Waals surface area contributed by atoms with Crippen molar-refractivity contribution in [2.75, 3.05) is 26.2 Å². The molecule has 1 unspecified atom stereocenters. The minimum absolute atomic E-state index is 0.837. The van der Waals surface area contributed by atoms with E-state index >= 15 is 0 Å². The van der Waals surface area contributed by atoms with E-state index in [1.807, 2.05) is 0 Å². The molecule has 2 heteroatoms. The summed E-state index contributed by atoms with van der Waals surface area (Å²) in [5.74, 6) is 0.837.